The standard InChI is InChI=1S/C15H25N3O2S/c1-4-9-16-21(19,20)15-7-5-14(6-8-15)18-10-12(2)17-13(3)11-18/h5-8,12-13,16-17H,4,9-11H2,1-3H3. The van der Waals surface area contributed by atoms with Crippen LogP contribution in [0.1, 0.15) is 27.2 Å². The average molecular weight is 311 g/mol. The number of hydrogen-bond donors (Lipinski definition) is 2. The monoisotopic (exact) mass is 311 g/mol. The molecule has 2 N–H and O–H groups in total. The molecule has 0 radical (unpaired) electrons. The van der Waals surface area contributed by atoms with Crippen LogP contribution in [0.5, 0.6) is 0 Å². The van der Waals surface area contributed by atoms with Gasteiger partial charge in [0.25, 0.3) is 0 Å². The molecule has 21 heavy (non-hydrogen) atoms. The Morgan fingerprint density at radius 3 is 2.29 bits per heavy atom. The van der Waals surface area contributed by atoms with Crippen LogP contribution in [0.3, 0.4) is 0 Å². The summed E-state index contributed by atoms with van der Waals surface area (Å²) in [5.74, 6) is 0. The van der Waals surface area contributed by atoms with E-state index < -0.39 is 10.0 Å². The minimum absolute atomic E-state index is 0.330. The SMILES string of the molecule is CCCNS(=O)(=O)c1ccc(N2CC(C)NC(C)C2)cc1. The molecule has 1 aromatic carbocycles. The number of rotatable bonds is 5. The van der Waals surface area contributed by atoms with Crippen molar-refractivity contribution in [2.75, 3.05) is 24.5 Å². The van der Waals surface area contributed by atoms with Gasteiger partial charge in [-0.2, -0.15) is 0 Å². The highest BCUT2D eigenvalue weighted by Gasteiger charge is 2.21. The number of nitrogens with one attached hydrogen (secondary N) is 2. The molecule has 1 aliphatic heterocycles. The van der Waals surface area contributed by atoms with Gasteiger partial charge in [0.1, 0.15) is 0 Å². The molecule has 0 spiro atoms. The van der Waals surface area contributed by atoms with Crippen LogP contribution in [0.25, 0.3) is 0 Å². The number of anilines is 1. The zero-order chi connectivity index (χ0) is 15.5. The normalized spacial score (nSPS) is 23.3. The smallest absolute Gasteiger partial charge is 0.240 e. The molecular weight excluding hydrogens is 286 g/mol. The van der Waals surface area contributed by atoms with Crippen molar-refractivity contribution in [1.82, 2.24) is 10.0 Å². The van der Waals surface area contributed by atoms with Gasteiger partial charge in [-0.1, -0.05) is 6.92 Å². The van der Waals surface area contributed by atoms with Crippen molar-refractivity contribution in [3.8, 4) is 0 Å². The highest BCUT2D eigenvalue weighted by atomic mass is 32.2. The lowest BCUT2D eigenvalue weighted by molar-refractivity contribution is 0.407. The van der Waals surface area contributed by atoms with Gasteiger partial charge in [-0.05, 0) is 44.5 Å². The predicted molar refractivity (Wildman–Crippen MR) is 86.2 cm³/mol. The lowest BCUT2D eigenvalue weighted by Gasteiger charge is -2.37. The molecule has 1 aliphatic rings. The molecule has 2 rings (SSSR count). The van der Waals surface area contributed by atoms with Crippen LogP contribution in [-0.4, -0.2) is 40.1 Å². The first-order chi connectivity index (χ1) is 9.92. The van der Waals surface area contributed by atoms with Crippen LogP contribution in [0.15, 0.2) is 29.2 Å². The first kappa shape index (κ1) is 16.3. The third-order valence-corrected chi connectivity index (χ3v) is 5.09. The maximum atomic E-state index is 12.0. The molecule has 0 aromatic heterocycles. The fraction of sp³-hybridized carbons (Fsp3) is 0.600. The fourth-order valence-corrected chi connectivity index (χ4v) is 3.83. The molecule has 0 bridgehead atoms. The second-order valence-electron chi connectivity index (χ2n) is 5.77. The van der Waals surface area contributed by atoms with Crippen molar-refractivity contribution in [1.29, 1.82) is 0 Å². The Bertz CT molecular complexity index is 547. The lowest BCUT2D eigenvalue weighted by Crippen LogP contribution is -2.54. The van der Waals surface area contributed by atoms with Crippen molar-refractivity contribution in [3.63, 3.8) is 0 Å². The Labute approximate surface area is 127 Å². The van der Waals surface area contributed by atoms with Gasteiger partial charge in [0, 0.05) is 37.4 Å². The number of piperazine rings is 1. The first-order valence-electron chi connectivity index (χ1n) is 7.53. The van der Waals surface area contributed by atoms with Gasteiger partial charge < -0.3 is 10.2 Å². The number of nitrogens with zero attached hydrogens (tertiary/aromatic N) is 1. The summed E-state index contributed by atoms with van der Waals surface area (Å²) >= 11 is 0. The average Bonchev–Trinajstić information content (AvgIpc) is 2.44. The molecule has 1 fully saturated rings. The Morgan fingerprint density at radius 2 is 1.76 bits per heavy atom. The molecule has 1 aromatic rings. The van der Waals surface area contributed by atoms with Crippen LogP contribution >= 0.6 is 0 Å². The maximum Gasteiger partial charge on any atom is 0.240 e. The lowest BCUT2D eigenvalue weighted by atomic mass is 10.1. The van der Waals surface area contributed by atoms with Crippen LogP contribution in [0, 0.1) is 0 Å². The molecular formula is C15H25N3O2S. The van der Waals surface area contributed by atoms with Gasteiger partial charge in [0.15, 0.2) is 0 Å². The van der Waals surface area contributed by atoms with Crippen molar-refractivity contribution >= 4 is 15.7 Å². The van der Waals surface area contributed by atoms with E-state index in [0.717, 1.165) is 25.2 Å². The van der Waals surface area contributed by atoms with E-state index in [2.05, 4.69) is 28.8 Å². The second kappa shape index (κ2) is 6.77. The van der Waals surface area contributed by atoms with Gasteiger partial charge in [-0.25, -0.2) is 13.1 Å². The summed E-state index contributed by atoms with van der Waals surface area (Å²) in [4.78, 5) is 2.62. The topological polar surface area (TPSA) is 61.4 Å². The number of hydrogen-bond acceptors (Lipinski definition) is 4. The minimum Gasteiger partial charge on any atom is -0.368 e. The molecule has 2 atom stereocenters. The van der Waals surface area contributed by atoms with E-state index in [-0.39, 0.29) is 0 Å². The van der Waals surface area contributed by atoms with E-state index in [1.54, 1.807) is 12.1 Å². The van der Waals surface area contributed by atoms with Crippen molar-refractivity contribution in [3.05, 3.63) is 24.3 Å². The Hall–Kier alpha value is -1.11. The summed E-state index contributed by atoms with van der Waals surface area (Å²) in [5.41, 5.74) is 1.07. The second-order valence-corrected chi connectivity index (χ2v) is 7.53. The summed E-state index contributed by atoms with van der Waals surface area (Å²) in [6.07, 6.45) is 0.786. The van der Waals surface area contributed by atoms with E-state index in [4.69, 9.17) is 0 Å². The van der Waals surface area contributed by atoms with Crippen molar-refractivity contribution in [2.45, 2.75) is 44.2 Å². The zero-order valence-corrected chi connectivity index (χ0v) is 13.8. The largest absolute Gasteiger partial charge is 0.368 e. The summed E-state index contributed by atoms with van der Waals surface area (Å²) in [7, 11) is -3.37. The van der Waals surface area contributed by atoms with Crippen LogP contribution in [0.4, 0.5) is 5.69 Å². The van der Waals surface area contributed by atoms with E-state index in [1.807, 2.05) is 19.1 Å². The van der Waals surface area contributed by atoms with Crippen LogP contribution in [0.2, 0.25) is 0 Å². The van der Waals surface area contributed by atoms with Crippen molar-refractivity contribution < 1.29 is 8.42 Å². The first-order valence-corrected chi connectivity index (χ1v) is 9.01. The van der Waals surface area contributed by atoms with Crippen LogP contribution in [-0.2, 0) is 10.0 Å². The quantitative estimate of drug-likeness (QED) is 0.866. The zero-order valence-electron chi connectivity index (χ0n) is 13.0. The Balaban J connectivity index is 2.12. The van der Waals surface area contributed by atoms with Gasteiger partial charge in [-0.15, -0.1) is 0 Å². The molecule has 0 saturated carbocycles. The minimum atomic E-state index is -3.37. The fourth-order valence-electron chi connectivity index (χ4n) is 2.69. The van der Waals surface area contributed by atoms with E-state index in [1.165, 1.54) is 0 Å². The Morgan fingerprint density at radius 1 is 1.19 bits per heavy atom. The molecule has 1 heterocycles. The summed E-state index contributed by atoms with van der Waals surface area (Å²) < 4.78 is 26.7. The number of sulfonamides is 1. The van der Waals surface area contributed by atoms with Crippen LogP contribution < -0.4 is 14.9 Å². The molecule has 1 saturated heterocycles. The molecule has 5 nitrogen and oxygen atoms in total. The third-order valence-electron chi connectivity index (χ3n) is 3.61. The van der Waals surface area contributed by atoms with Gasteiger partial charge in [-0.3, -0.25) is 0 Å². The summed E-state index contributed by atoms with van der Waals surface area (Å²) in [5, 5.41) is 3.49. The van der Waals surface area contributed by atoms with Gasteiger partial charge in [0.05, 0.1) is 4.90 Å². The summed E-state index contributed by atoms with van der Waals surface area (Å²) in [6.45, 7) is 8.61. The molecule has 0 amide bonds. The van der Waals surface area contributed by atoms with E-state index >= 15 is 0 Å². The van der Waals surface area contributed by atoms with E-state index in [9.17, 15) is 8.42 Å². The third kappa shape index (κ3) is 4.18. The number of benzene rings is 1. The maximum absolute atomic E-state index is 12.0. The predicted octanol–water partition coefficient (Wildman–Crippen LogP) is 1.56. The molecule has 0 aliphatic carbocycles. The van der Waals surface area contributed by atoms with E-state index in [0.29, 0.717) is 23.5 Å². The molecule has 6 heteroatoms. The highest BCUT2D eigenvalue weighted by Crippen LogP contribution is 2.20. The molecule has 118 valence electrons. The Kier molecular flexibility index (Phi) is 5.24. The highest BCUT2D eigenvalue weighted by molar-refractivity contribution is 7.89. The van der Waals surface area contributed by atoms with Crippen molar-refractivity contribution in [2.24, 2.45) is 0 Å². The molecule has 2 unspecified atom stereocenters. The van der Waals surface area contributed by atoms with Gasteiger partial charge >= 0.3 is 0 Å². The van der Waals surface area contributed by atoms with Gasteiger partial charge in [0.2, 0.25) is 10.0 Å². The summed E-state index contributed by atoms with van der Waals surface area (Å²) in [6, 6.07) is 8.03.